The van der Waals surface area contributed by atoms with E-state index in [9.17, 15) is 9.59 Å². The Morgan fingerprint density at radius 2 is 1.90 bits per heavy atom. The van der Waals surface area contributed by atoms with Gasteiger partial charge in [0.25, 0.3) is 5.56 Å². The van der Waals surface area contributed by atoms with Gasteiger partial charge in [0.05, 0.1) is 5.56 Å². The van der Waals surface area contributed by atoms with Crippen LogP contribution in [0.25, 0.3) is 0 Å². The van der Waals surface area contributed by atoms with Crippen LogP contribution >= 0.6 is 0 Å². The first-order valence-corrected chi connectivity index (χ1v) is 7.08. The Morgan fingerprint density at radius 3 is 2.67 bits per heavy atom. The summed E-state index contributed by atoms with van der Waals surface area (Å²) < 4.78 is 2.63. The molecule has 0 spiro atoms. The van der Waals surface area contributed by atoms with E-state index in [0.29, 0.717) is 18.0 Å². The summed E-state index contributed by atoms with van der Waals surface area (Å²) in [6.07, 6.45) is 1.65. The highest BCUT2D eigenvalue weighted by atomic mass is 16.2. The first kappa shape index (κ1) is 13.7. The Hall–Kier alpha value is -2.30. The molecule has 110 valence electrons. The SMILES string of the molecule is CC1CN(Cc2cn(C)c(=O)n(C)c2=O)c2ccccc21. The van der Waals surface area contributed by atoms with Gasteiger partial charge in [-0.2, -0.15) is 0 Å². The van der Waals surface area contributed by atoms with Crippen molar-refractivity contribution in [3.05, 3.63) is 62.4 Å². The average molecular weight is 285 g/mol. The van der Waals surface area contributed by atoms with Gasteiger partial charge in [-0.05, 0) is 11.6 Å². The van der Waals surface area contributed by atoms with Crippen molar-refractivity contribution in [2.75, 3.05) is 11.4 Å². The van der Waals surface area contributed by atoms with E-state index in [0.717, 1.165) is 6.54 Å². The summed E-state index contributed by atoms with van der Waals surface area (Å²) in [5, 5.41) is 0. The van der Waals surface area contributed by atoms with Crippen molar-refractivity contribution in [1.29, 1.82) is 0 Å². The number of hydrogen-bond acceptors (Lipinski definition) is 3. The Bertz CT molecular complexity index is 804. The quantitative estimate of drug-likeness (QED) is 0.833. The topological polar surface area (TPSA) is 47.2 Å². The molecular formula is C16H19N3O2. The van der Waals surface area contributed by atoms with E-state index in [1.54, 1.807) is 13.2 Å². The van der Waals surface area contributed by atoms with E-state index in [2.05, 4.69) is 24.0 Å². The number of hydrogen-bond donors (Lipinski definition) is 0. The van der Waals surface area contributed by atoms with Crippen molar-refractivity contribution >= 4 is 5.69 Å². The predicted octanol–water partition coefficient (Wildman–Crippen LogP) is 1.21. The van der Waals surface area contributed by atoms with Crippen LogP contribution in [0, 0.1) is 0 Å². The lowest BCUT2D eigenvalue weighted by Crippen LogP contribution is -2.40. The van der Waals surface area contributed by atoms with Gasteiger partial charge in [-0.3, -0.25) is 9.36 Å². The molecule has 2 aromatic rings. The fourth-order valence-corrected chi connectivity index (χ4v) is 3.07. The van der Waals surface area contributed by atoms with Crippen molar-refractivity contribution in [3.8, 4) is 0 Å². The fraction of sp³-hybridized carbons (Fsp3) is 0.375. The maximum Gasteiger partial charge on any atom is 0.330 e. The molecule has 0 bridgehead atoms. The molecule has 2 heterocycles. The van der Waals surface area contributed by atoms with Crippen LogP contribution < -0.4 is 16.1 Å². The van der Waals surface area contributed by atoms with Crippen LogP contribution in [0.15, 0.2) is 40.1 Å². The minimum atomic E-state index is -0.293. The van der Waals surface area contributed by atoms with Gasteiger partial charge in [-0.25, -0.2) is 4.79 Å². The van der Waals surface area contributed by atoms with Crippen LogP contribution in [0.3, 0.4) is 0 Å². The number of aromatic nitrogens is 2. The first-order valence-electron chi connectivity index (χ1n) is 7.08. The Balaban J connectivity index is 2.00. The van der Waals surface area contributed by atoms with Gasteiger partial charge in [0.15, 0.2) is 0 Å². The lowest BCUT2D eigenvalue weighted by atomic mass is 10.0. The van der Waals surface area contributed by atoms with Crippen LogP contribution in [0.1, 0.15) is 24.0 Å². The van der Waals surface area contributed by atoms with Gasteiger partial charge in [0.1, 0.15) is 0 Å². The third-order valence-corrected chi connectivity index (χ3v) is 4.18. The molecule has 0 saturated carbocycles. The molecule has 1 unspecified atom stereocenters. The zero-order valence-electron chi connectivity index (χ0n) is 12.5. The number of para-hydroxylation sites is 1. The molecule has 3 rings (SSSR count). The molecule has 1 aliphatic heterocycles. The summed E-state index contributed by atoms with van der Waals surface area (Å²) in [4.78, 5) is 26.2. The van der Waals surface area contributed by atoms with Gasteiger partial charge < -0.3 is 9.47 Å². The summed E-state index contributed by atoms with van der Waals surface area (Å²) in [6.45, 7) is 3.62. The summed E-state index contributed by atoms with van der Waals surface area (Å²) in [5.41, 5.74) is 2.64. The van der Waals surface area contributed by atoms with Crippen molar-refractivity contribution in [1.82, 2.24) is 9.13 Å². The summed E-state index contributed by atoms with van der Waals surface area (Å²) in [6, 6.07) is 8.29. The summed E-state index contributed by atoms with van der Waals surface area (Å²) in [5.74, 6) is 0.456. The van der Waals surface area contributed by atoms with Crippen molar-refractivity contribution in [2.45, 2.75) is 19.4 Å². The maximum atomic E-state index is 12.2. The molecular weight excluding hydrogens is 266 g/mol. The highest BCUT2D eigenvalue weighted by Crippen LogP contribution is 2.36. The Labute approximate surface area is 123 Å². The smallest absolute Gasteiger partial charge is 0.330 e. The van der Waals surface area contributed by atoms with E-state index in [-0.39, 0.29) is 11.2 Å². The number of fused-ring (bicyclic) bond motifs is 1. The normalized spacial score (nSPS) is 17.1. The number of anilines is 1. The van der Waals surface area contributed by atoms with E-state index in [1.807, 2.05) is 12.1 Å². The third kappa shape index (κ3) is 2.18. The van der Waals surface area contributed by atoms with Gasteiger partial charge >= 0.3 is 5.69 Å². The molecule has 0 aliphatic carbocycles. The number of aryl methyl sites for hydroxylation is 1. The lowest BCUT2D eigenvalue weighted by molar-refractivity contribution is 0.656. The van der Waals surface area contributed by atoms with Gasteiger partial charge in [0, 0.05) is 45.0 Å². The van der Waals surface area contributed by atoms with E-state index >= 15 is 0 Å². The minimum absolute atomic E-state index is 0.213. The fourth-order valence-electron chi connectivity index (χ4n) is 3.07. The largest absolute Gasteiger partial charge is 0.366 e. The van der Waals surface area contributed by atoms with Crippen molar-refractivity contribution < 1.29 is 0 Å². The molecule has 1 aromatic heterocycles. The van der Waals surface area contributed by atoms with Crippen LogP contribution in [0.5, 0.6) is 0 Å². The average Bonchev–Trinajstić information content (AvgIpc) is 2.79. The van der Waals surface area contributed by atoms with Crippen LogP contribution in [-0.4, -0.2) is 15.7 Å². The molecule has 0 fully saturated rings. The molecule has 0 radical (unpaired) electrons. The highest BCUT2D eigenvalue weighted by molar-refractivity contribution is 5.60. The van der Waals surface area contributed by atoms with Crippen LogP contribution in [0.2, 0.25) is 0 Å². The van der Waals surface area contributed by atoms with Crippen molar-refractivity contribution in [3.63, 3.8) is 0 Å². The van der Waals surface area contributed by atoms with Crippen molar-refractivity contribution in [2.24, 2.45) is 14.1 Å². The molecule has 5 heteroatoms. The highest BCUT2D eigenvalue weighted by Gasteiger charge is 2.25. The summed E-state index contributed by atoms with van der Waals surface area (Å²) >= 11 is 0. The maximum absolute atomic E-state index is 12.2. The molecule has 1 atom stereocenters. The predicted molar refractivity (Wildman–Crippen MR) is 82.8 cm³/mol. The standard InChI is InChI=1S/C16H19N3O2/c1-11-8-19(14-7-5-4-6-13(11)14)10-12-9-17(2)16(21)18(3)15(12)20/h4-7,9,11H,8,10H2,1-3H3. The van der Waals surface area contributed by atoms with E-state index in [4.69, 9.17) is 0 Å². The molecule has 5 nitrogen and oxygen atoms in total. The molecule has 1 aliphatic rings. The minimum Gasteiger partial charge on any atom is -0.366 e. The summed E-state index contributed by atoms with van der Waals surface area (Å²) in [7, 11) is 3.19. The van der Waals surface area contributed by atoms with Gasteiger partial charge in [-0.1, -0.05) is 25.1 Å². The second-order valence-corrected chi connectivity index (χ2v) is 5.75. The van der Waals surface area contributed by atoms with E-state index < -0.39 is 0 Å². The zero-order chi connectivity index (χ0) is 15.1. The lowest BCUT2D eigenvalue weighted by Gasteiger charge is -2.20. The molecule has 0 amide bonds. The second kappa shape index (κ2) is 4.91. The first-order chi connectivity index (χ1) is 9.99. The van der Waals surface area contributed by atoms with Gasteiger partial charge in [0.2, 0.25) is 0 Å². The molecule has 0 N–H and O–H groups in total. The molecule has 0 saturated heterocycles. The zero-order valence-corrected chi connectivity index (χ0v) is 12.5. The van der Waals surface area contributed by atoms with E-state index in [1.165, 1.54) is 27.4 Å². The van der Waals surface area contributed by atoms with Gasteiger partial charge in [-0.15, -0.1) is 0 Å². The molecule has 1 aromatic carbocycles. The molecule has 21 heavy (non-hydrogen) atoms. The van der Waals surface area contributed by atoms with Crippen LogP contribution in [-0.2, 0) is 20.6 Å². The van der Waals surface area contributed by atoms with Crippen LogP contribution in [0.4, 0.5) is 5.69 Å². The number of benzene rings is 1. The number of rotatable bonds is 2. The monoisotopic (exact) mass is 285 g/mol. The Morgan fingerprint density at radius 1 is 1.19 bits per heavy atom. The second-order valence-electron chi connectivity index (χ2n) is 5.75. The Kier molecular flexibility index (Phi) is 3.20. The number of nitrogens with zero attached hydrogens (tertiary/aromatic N) is 3. The third-order valence-electron chi connectivity index (χ3n) is 4.18.